The van der Waals surface area contributed by atoms with E-state index in [1.807, 2.05) is 6.07 Å². The van der Waals surface area contributed by atoms with Crippen molar-refractivity contribution in [3.05, 3.63) is 70.3 Å². The third kappa shape index (κ3) is 8.17. The minimum atomic E-state index is -1.44. The quantitative estimate of drug-likeness (QED) is 0.135. The molecule has 1 heterocycles. The largest absolute Gasteiger partial charge is 0.394 e. The first-order valence-corrected chi connectivity index (χ1v) is 15.5. The van der Waals surface area contributed by atoms with Crippen LogP contribution < -0.4 is 10.6 Å². The second-order valence-corrected chi connectivity index (χ2v) is 13.1. The van der Waals surface area contributed by atoms with Crippen molar-refractivity contribution in [2.45, 2.75) is 61.7 Å². The zero-order valence-electron chi connectivity index (χ0n) is 22.8. The number of rotatable bonds is 12. The summed E-state index contributed by atoms with van der Waals surface area (Å²) in [6.07, 6.45) is 2.34. The lowest BCUT2D eigenvalue weighted by molar-refractivity contribution is -0.0561. The molecule has 1 aliphatic rings. The van der Waals surface area contributed by atoms with Crippen molar-refractivity contribution in [1.82, 2.24) is 10.6 Å². The Morgan fingerprint density at radius 1 is 0.949 bits per heavy atom. The maximum absolute atomic E-state index is 12.0. The van der Waals surface area contributed by atoms with Crippen molar-refractivity contribution in [3.8, 4) is 0 Å². The van der Waals surface area contributed by atoms with Crippen molar-refractivity contribution in [2.75, 3.05) is 38.4 Å². The van der Waals surface area contributed by atoms with Crippen LogP contribution in [0.3, 0.4) is 0 Å². The molecule has 5 atom stereocenters. The number of thiol groups is 1. The third-order valence-electron chi connectivity index (χ3n) is 7.61. The number of hydrogen-bond donors (Lipinski definition) is 9. The van der Waals surface area contributed by atoms with Crippen LogP contribution >= 0.6 is 10.9 Å². The van der Waals surface area contributed by atoms with Gasteiger partial charge in [0.2, 0.25) is 0 Å². The molecule has 0 aliphatic carbocycles. The Bertz CT molecular complexity index is 1060. The Hall–Kier alpha value is -2.18. The molecule has 2 amide bonds. The molecule has 0 spiro atoms. The predicted molar refractivity (Wildman–Crippen MR) is 154 cm³/mol. The van der Waals surface area contributed by atoms with E-state index in [0.29, 0.717) is 12.3 Å². The fraction of sp³-hybridized carbons (Fsp3) is 0.552. The summed E-state index contributed by atoms with van der Waals surface area (Å²) in [5, 5.41) is 63.7. The number of carbonyl (C=O) groups is 1. The van der Waals surface area contributed by atoms with Gasteiger partial charge in [0.1, 0.15) is 11.6 Å². The van der Waals surface area contributed by atoms with Gasteiger partial charge < -0.3 is 41.3 Å². The van der Waals surface area contributed by atoms with Crippen LogP contribution in [0.1, 0.15) is 45.9 Å². The summed E-state index contributed by atoms with van der Waals surface area (Å²) in [7, 11) is -0.661. The molecular formula is C29H44N2O7S. The lowest BCUT2D eigenvalue weighted by atomic mass is 9.93. The number of unbranched alkanes of at least 4 members (excludes halogenated alkanes) is 1. The Morgan fingerprint density at radius 3 is 2.23 bits per heavy atom. The maximum Gasteiger partial charge on any atom is 0.315 e. The normalized spacial score (nSPS) is 24.4. The van der Waals surface area contributed by atoms with E-state index >= 15 is 0 Å². The van der Waals surface area contributed by atoms with Gasteiger partial charge in [-0.25, -0.2) is 15.7 Å². The van der Waals surface area contributed by atoms with Gasteiger partial charge in [-0.1, -0.05) is 42.5 Å². The van der Waals surface area contributed by atoms with Crippen LogP contribution in [-0.4, -0.2) is 98.9 Å². The maximum atomic E-state index is 12.0. The molecule has 2 aromatic rings. The van der Waals surface area contributed by atoms with Crippen molar-refractivity contribution in [3.63, 3.8) is 0 Å². The van der Waals surface area contributed by atoms with Crippen LogP contribution in [0.5, 0.6) is 0 Å². The Balaban J connectivity index is 1.50. The molecule has 3 rings (SSSR count). The molecule has 0 radical (unpaired) electrons. The fourth-order valence-corrected chi connectivity index (χ4v) is 7.36. The topological polar surface area (TPSA) is 163 Å². The molecule has 1 aliphatic heterocycles. The van der Waals surface area contributed by atoms with Crippen molar-refractivity contribution in [2.24, 2.45) is 0 Å². The van der Waals surface area contributed by atoms with E-state index in [-0.39, 0.29) is 5.25 Å². The van der Waals surface area contributed by atoms with Crippen LogP contribution in [0.4, 0.5) is 4.79 Å². The van der Waals surface area contributed by atoms with Crippen molar-refractivity contribution >= 4 is 16.9 Å². The summed E-state index contributed by atoms with van der Waals surface area (Å²) in [5.74, 6) is 0.518. The van der Waals surface area contributed by atoms with Gasteiger partial charge in [-0.2, -0.15) is 0 Å². The highest BCUT2D eigenvalue weighted by Crippen LogP contribution is 2.48. The lowest BCUT2D eigenvalue weighted by Crippen LogP contribution is -2.59. The van der Waals surface area contributed by atoms with E-state index < -0.39 is 60.6 Å². The third-order valence-corrected chi connectivity index (χ3v) is 10.1. The summed E-state index contributed by atoms with van der Waals surface area (Å²) in [4.78, 5) is 12.0. The van der Waals surface area contributed by atoms with Gasteiger partial charge in [-0.3, -0.25) is 0 Å². The number of amides is 2. The van der Waals surface area contributed by atoms with Gasteiger partial charge in [-0.05, 0) is 66.7 Å². The van der Waals surface area contributed by atoms with E-state index in [9.17, 15) is 35.4 Å². The molecule has 2 aromatic carbocycles. The molecule has 39 heavy (non-hydrogen) atoms. The van der Waals surface area contributed by atoms with E-state index in [1.165, 1.54) is 22.3 Å². The smallest absolute Gasteiger partial charge is 0.315 e. The van der Waals surface area contributed by atoms with E-state index in [4.69, 9.17) is 0 Å². The summed E-state index contributed by atoms with van der Waals surface area (Å²) in [5.41, 5.74) is 4.29. The summed E-state index contributed by atoms with van der Waals surface area (Å²) < 4.78 is 0. The van der Waals surface area contributed by atoms with E-state index in [0.717, 1.165) is 31.2 Å². The summed E-state index contributed by atoms with van der Waals surface area (Å²) in [6.45, 7) is 0.820. The first-order chi connectivity index (χ1) is 18.6. The Labute approximate surface area is 233 Å². The number of urea groups is 1. The molecule has 1 saturated heterocycles. The Kier molecular flexibility index (Phi) is 11.6. The van der Waals surface area contributed by atoms with Gasteiger partial charge in [0.15, 0.2) is 0 Å². The highest BCUT2D eigenvalue weighted by Gasteiger charge is 2.40. The standard InChI is InChI=1S/C29H44N2O7S/c1-19-6-11-22(27-26(37)25(36)24(35)15-39(27)2)14-23(19)13-21-9-7-20(8-10-21)5-3-4-12-30-28(38)31-29(16-32,17-33)18-34/h6-11,14,24-27,32-37,39H,3-5,12-13,15-18H2,1-2H3,(H2,30,31,38)/t24-,25-,26-,27+/m1/s1. The molecule has 8 N–H and O–H groups in total. The molecule has 218 valence electrons. The van der Waals surface area contributed by atoms with Crippen molar-refractivity contribution in [1.29, 1.82) is 0 Å². The highest BCUT2D eigenvalue weighted by molar-refractivity contribution is 8.16. The molecule has 0 bridgehead atoms. The molecule has 9 nitrogen and oxygen atoms in total. The van der Waals surface area contributed by atoms with Crippen LogP contribution in [0.15, 0.2) is 42.5 Å². The average molecular weight is 565 g/mol. The van der Waals surface area contributed by atoms with Crippen LogP contribution in [0.25, 0.3) is 0 Å². The van der Waals surface area contributed by atoms with Crippen LogP contribution in [0.2, 0.25) is 0 Å². The number of benzene rings is 2. The summed E-state index contributed by atoms with van der Waals surface area (Å²) in [6, 6.07) is 14.1. The van der Waals surface area contributed by atoms with Gasteiger partial charge in [0, 0.05) is 17.5 Å². The average Bonchev–Trinajstić information content (AvgIpc) is 2.93. The molecule has 0 aromatic heterocycles. The fourth-order valence-electron chi connectivity index (χ4n) is 4.96. The second kappa shape index (κ2) is 14.5. The van der Waals surface area contributed by atoms with Gasteiger partial charge in [0.25, 0.3) is 0 Å². The first kappa shape index (κ1) is 31.3. The number of carbonyl (C=O) groups excluding carboxylic acids is 1. The summed E-state index contributed by atoms with van der Waals surface area (Å²) >= 11 is 0. The van der Waals surface area contributed by atoms with E-state index in [1.54, 1.807) is 0 Å². The molecule has 0 saturated carbocycles. The number of aryl methyl sites for hydroxylation is 2. The predicted octanol–water partition coefficient (Wildman–Crippen LogP) is 0.692. The van der Waals surface area contributed by atoms with Gasteiger partial charge >= 0.3 is 6.03 Å². The molecule has 1 unspecified atom stereocenters. The van der Waals surface area contributed by atoms with Gasteiger partial charge in [-0.15, -0.1) is 0 Å². The number of nitrogens with one attached hydrogen (secondary N) is 2. The minimum Gasteiger partial charge on any atom is -0.394 e. The molecule has 1 fully saturated rings. The SMILES string of the molecule is Cc1ccc([C@H]2[C@H](O)[C@H](O)[C@H](O)C[SH]2C)cc1Cc1ccc(CCCCNC(=O)NC(CO)(CO)CO)cc1. The zero-order chi connectivity index (χ0) is 28.6. The second-order valence-electron chi connectivity index (χ2n) is 10.7. The minimum absolute atomic E-state index is 0.165. The first-order valence-electron chi connectivity index (χ1n) is 13.4. The highest BCUT2D eigenvalue weighted by atomic mass is 32.2. The monoisotopic (exact) mass is 564 g/mol. The number of aliphatic hydroxyl groups excluding tert-OH is 6. The molecule has 10 heteroatoms. The Morgan fingerprint density at radius 2 is 1.59 bits per heavy atom. The van der Waals surface area contributed by atoms with E-state index in [2.05, 4.69) is 60.2 Å². The lowest BCUT2D eigenvalue weighted by Gasteiger charge is -2.42. The molecular weight excluding hydrogens is 520 g/mol. The van der Waals surface area contributed by atoms with Gasteiger partial charge in [0.05, 0.1) is 32.0 Å². The number of aliphatic hydroxyl groups is 6. The number of hydrogen-bond acceptors (Lipinski definition) is 7. The van der Waals surface area contributed by atoms with Crippen molar-refractivity contribution < 1.29 is 35.4 Å². The van der Waals surface area contributed by atoms with Crippen LogP contribution in [-0.2, 0) is 12.8 Å². The van der Waals surface area contributed by atoms with Crippen LogP contribution in [0, 0.1) is 6.92 Å². The zero-order valence-corrected chi connectivity index (χ0v) is 23.6.